The van der Waals surface area contributed by atoms with Crippen molar-refractivity contribution in [3.63, 3.8) is 0 Å². The van der Waals surface area contributed by atoms with E-state index in [4.69, 9.17) is 22.4 Å². The van der Waals surface area contributed by atoms with Gasteiger partial charge in [-0.2, -0.15) is 0 Å². The number of Topliss-reactive ketones (excluding diaryl/α,β-unsaturated/α-hetero) is 2. The Labute approximate surface area is 144 Å². The van der Waals surface area contributed by atoms with Gasteiger partial charge < -0.3 is 21.5 Å². The molecular formula is C14H22ClN3O6. The van der Waals surface area contributed by atoms with Crippen molar-refractivity contribution in [3.05, 3.63) is 0 Å². The second-order valence-corrected chi connectivity index (χ2v) is 5.85. The standard InChI is InChI=1S/C14H22ClN3O6/c1-6(2)11(16)14(24)17-7(3)13(23)18-8(4-10(20)21)12(22)9(19)5-15/h6-8,11H,4-5,16H2,1-3H3,(H,17,24)(H,18,23)(H,20,21)/t7-,8-,11-/m0/s1. The summed E-state index contributed by atoms with van der Waals surface area (Å²) < 4.78 is 0. The highest BCUT2D eigenvalue weighted by Crippen LogP contribution is 2.01. The van der Waals surface area contributed by atoms with Gasteiger partial charge in [0.25, 0.3) is 0 Å². The molecule has 0 aliphatic rings. The van der Waals surface area contributed by atoms with Gasteiger partial charge in [-0.1, -0.05) is 13.8 Å². The highest BCUT2D eigenvalue weighted by molar-refractivity contribution is 6.48. The molecule has 0 unspecified atom stereocenters. The maximum Gasteiger partial charge on any atom is 0.305 e. The molecule has 0 aromatic heterocycles. The number of rotatable bonds is 10. The summed E-state index contributed by atoms with van der Waals surface area (Å²) in [5.74, 6) is -5.66. The number of carbonyl (C=O) groups excluding carboxylic acids is 4. The molecule has 0 aromatic carbocycles. The van der Waals surface area contributed by atoms with Crippen molar-refractivity contribution in [2.75, 3.05) is 5.88 Å². The van der Waals surface area contributed by atoms with Crippen LogP contribution in [0.3, 0.4) is 0 Å². The number of nitrogens with two attached hydrogens (primary N) is 1. The van der Waals surface area contributed by atoms with E-state index in [1.807, 2.05) is 0 Å². The monoisotopic (exact) mass is 363 g/mol. The summed E-state index contributed by atoms with van der Waals surface area (Å²) in [4.78, 5) is 57.7. The van der Waals surface area contributed by atoms with Crippen LogP contribution >= 0.6 is 11.6 Å². The van der Waals surface area contributed by atoms with Gasteiger partial charge in [0, 0.05) is 0 Å². The van der Waals surface area contributed by atoms with Gasteiger partial charge in [-0.3, -0.25) is 24.0 Å². The molecule has 0 aliphatic heterocycles. The van der Waals surface area contributed by atoms with Crippen LogP contribution in [-0.4, -0.2) is 58.5 Å². The first-order valence-electron chi connectivity index (χ1n) is 7.22. The SMILES string of the molecule is CC(C)[C@H](N)C(=O)N[C@@H](C)C(=O)N[C@@H](CC(=O)O)C(=O)C(=O)CCl. The Morgan fingerprint density at radius 3 is 2.00 bits per heavy atom. The summed E-state index contributed by atoms with van der Waals surface area (Å²) in [7, 11) is 0. The number of carboxylic acids is 1. The first kappa shape index (κ1) is 22.0. The van der Waals surface area contributed by atoms with Gasteiger partial charge in [0.15, 0.2) is 0 Å². The van der Waals surface area contributed by atoms with Crippen LogP contribution in [0.2, 0.25) is 0 Å². The number of halogens is 1. The Hall–Kier alpha value is -2.00. The molecule has 0 bridgehead atoms. The Balaban J connectivity index is 4.92. The zero-order valence-electron chi connectivity index (χ0n) is 13.7. The Morgan fingerprint density at radius 2 is 1.58 bits per heavy atom. The minimum atomic E-state index is -1.56. The van der Waals surface area contributed by atoms with Crippen LogP contribution in [0.5, 0.6) is 0 Å². The summed E-state index contributed by atoms with van der Waals surface area (Å²) in [6, 6.07) is -3.45. The van der Waals surface area contributed by atoms with Crippen molar-refractivity contribution in [2.24, 2.45) is 11.7 Å². The largest absolute Gasteiger partial charge is 0.481 e. The second-order valence-electron chi connectivity index (χ2n) is 5.58. The molecule has 0 heterocycles. The topological polar surface area (TPSA) is 156 Å². The van der Waals surface area contributed by atoms with Crippen LogP contribution in [0, 0.1) is 5.92 Å². The number of hydrogen-bond acceptors (Lipinski definition) is 6. The third kappa shape index (κ3) is 7.05. The molecule has 136 valence electrons. The van der Waals surface area contributed by atoms with E-state index in [2.05, 4.69) is 10.6 Å². The van der Waals surface area contributed by atoms with E-state index in [1.165, 1.54) is 6.92 Å². The van der Waals surface area contributed by atoms with Crippen molar-refractivity contribution >= 4 is 41.0 Å². The molecule has 0 saturated carbocycles. The lowest BCUT2D eigenvalue weighted by Gasteiger charge is -2.21. The summed E-state index contributed by atoms with van der Waals surface area (Å²) in [6.07, 6.45) is -0.778. The molecule has 0 fully saturated rings. The van der Waals surface area contributed by atoms with Crippen LogP contribution < -0.4 is 16.4 Å². The normalized spacial score (nSPS) is 14.4. The lowest BCUT2D eigenvalue weighted by atomic mass is 10.0. The fraction of sp³-hybridized carbons (Fsp3) is 0.643. The predicted molar refractivity (Wildman–Crippen MR) is 85.3 cm³/mol. The van der Waals surface area contributed by atoms with Gasteiger partial charge in [-0.05, 0) is 12.8 Å². The Morgan fingerprint density at radius 1 is 1.04 bits per heavy atom. The van der Waals surface area contributed by atoms with E-state index in [1.54, 1.807) is 13.8 Å². The number of hydrogen-bond donors (Lipinski definition) is 4. The third-order valence-corrected chi connectivity index (χ3v) is 3.42. The molecule has 5 N–H and O–H groups in total. The average molecular weight is 364 g/mol. The number of aliphatic carboxylic acids is 1. The van der Waals surface area contributed by atoms with E-state index in [-0.39, 0.29) is 5.92 Å². The van der Waals surface area contributed by atoms with Crippen molar-refractivity contribution in [2.45, 2.75) is 45.3 Å². The number of amides is 2. The zero-order chi connectivity index (χ0) is 19.0. The Bertz CT molecular complexity index is 523. The van der Waals surface area contributed by atoms with Crippen LogP contribution in [-0.2, 0) is 24.0 Å². The summed E-state index contributed by atoms with van der Waals surface area (Å²) in [6.45, 7) is 4.80. The maximum absolute atomic E-state index is 12.0. The lowest BCUT2D eigenvalue weighted by Crippen LogP contribution is -2.55. The van der Waals surface area contributed by atoms with Gasteiger partial charge in [0.1, 0.15) is 12.1 Å². The van der Waals surface area contributed by atoms with Crippen LogP contribution in [0.1, 0.15) is 27.2 Å². The summed E-state index contributed by atoms with van der Waals surface area (Å²) in [5.41, 5.74) is 5.65. The first-order valence-corrected chi connectivity index (χ1v) is 7.75. The van der Waals surface area contributed by atoms with Crippen molar-refractivity contribution in [1.29, 1.82) is 0 Å². The number of nitrogens with one attached hydrogen (secondary N) is 2. The zero-order valence-corrected chi connectivity index (χ0v) is 14.4. The smallest absolute Gasteiger partial charge is 0.305 e. The molecule has 24 heavy (non-hydrogen) atoms. The van der Waals surface area contributed by atoms with Gasteiger partial charge in [-0.25, -0.2) is 0 Å². The number of carbonyl (C=O) groups is 5. The van der Waals surface area contributed by atoms with Gasteiger partial charge >= 0.3 is 5.97 Å². The van der Waals surface area contributed by atoms with Crippen molar-refractivity contribution in [3.8, 4) is 0 Å². The van der Waals surface area contributed by atoms with E-state index in [0.717, 1.165) is 0 Å². The molecule has 0 radical (unpaired) electrons. The first-order chi connectivity index (χ1) is 11.0. The molecule has 10 heteroatoms. The number of ketones is 2. The van der Waals surface area contributed by atoms with Crippen LogP contribution in [0.25, 0.3) is 0 Å². The van der Waals surface area contributed by atoms with E-state index in [9.17, 15) is 24.0 Å². The Kier molecular flexibility index (Phi) is 9.16. The molecule has 0 aliphatic carbocycles. The summed E-state index contributed by atoms with van der Waals surface area (Å²) in [5, 5.41) is 13.3. The van der Waals surface area contributed by atoms with Crippen LogP contribution in [0.15, 0.2) is 0 Å². The van der Waals surface area contributed by atoms with E-state index >= 15 is 0 Å². The van der Waals surface area contributed by atoms with Crippen molar-refractivity contribution in [1.82, 2.24) is 10.6 Å². The van der Waals surface area contributed by atoms with Gasteiger partial charge in [0.2, 0.25) is 23.4 Å². The number of alkyl halides is 1. The fourth-order valence-corrected chi connectivity index (χ4v) is 1.75. The molecule has 0 aromatic rings. The molecule has 2 amide bonds. The minimum Gasteiger partial charge on any atom is -0.481 e. The average Bonchev–Trinajstić information content (AvgIpc) is 2.50. The quantitative estimate of drug-likeness (QED) is 0.281. The van der Waals surface area contributed by atoms with Crippen LogP contribution in [0.4, 0.5) is 0 Å². The minimum absolute atomic E-state index is 0.150. The second kappa shape index (κ2) is 9.99. The molecule has 3 atom stereocenters. The number of carboxylic acid groups (broad SMARTS) is 1. The highest BCUT2D eigenvalue weighted by atomic mass is 35.5. The molecule has 0 saturated heterocycles. The highest BCUT2D eigenvalue weighted by Gasteiger charge is 2.30. The van der Waals surface area contributed by atoms with E-state index < -0.39 is 59.8 Å². The third-order valence-electron chi connectivity index (χ3n) is 3.18. The van der Waals surface area contributed by atoms with Gasteiger partial charge in [-0.15, -0.1) is 11.6 Å². The van der Waals surface area contributed by atoms with E-state index in [0.29, 0.717) is 0 Å². The summed E-state index contributed by atoms with van der Waals surface area (Å²) >= 11 is 5.26. The molecule has 0 rings (SSSR count). The maximum atomic E-state index is 12.0. The lowest BCUT2D eigenvalue weighted by molar-refractivity contribution is -0.143. The molecule has 9 nitrogen and oxygen atoms in total. The predicted octanol–water partition coefficient (Wildman–Crippen LogP) is -1.19. The molecule has 0 spiro atoms. The van der Waals surface area contributed by atoms with Gasteiger partial charge in [0.05, 0.1) is 18.3 Å². The molecular weight excluding hydrogens is 342 g/mol. The fourth-order valence-electron chi connectivity index (χ4n) is 1.62. The van der Waals surface area contributed by atoms with Crippen molar-refractivity contribution < 1.29 is 29.1 Å².